The molecule has 2 aliphatic heterocycles. The third-order valence-electron chi connectivity index (χ3n) is 6.26. The fourth-order valence-electron chi connectivity index (χ4n) is 4.55. The van der Waals surface area contributed by atoms with Gasteiger partial charge >= 0.3 is 35.6 Å². The Labute approximate surface area is 328 Å². The summed E-state index contributed by atoms with van der Waals surface area (Å²) in [6, 6.07) is 15.9. The summed E-state index contributed by atoms with van der Waals surface area (Å²) in [5, 5.41) is 60.8. The number of anilines is 1. The standard InChI is InChI=1S/C28H30N2O3.C4H5NO.4BFH2O2.ClH/c1-6-29-23-15-25-21(13-17(23)4)27(19-11-9-10-12-20(19)28(31)32-8-3)22-14-18(5)24(30-7-2)16-26(22)33-25;1-2-4-6-5-3-1;4*2-1(3)4;/h9-16,29H,6-8H2,1-5H3;1-5H;4*3-4H;1H/b30-24-;;;;;;. The first-order chi connectivity index (χ1) is 25.9. The van der Waals surface area contributed by atoms with Crippen molar-refractivity contribution in [3.63, 3.8) is 0 Å². The lowest BCUT2D eigenvalue weighted by molar-refractivity contribution is 0.0527. The highest BCUT2D eigenvalue weighted by Crippen LogP contribution is 2.43. The fraction of sp³-hybridized carbons (Fsp3) is 0.250. The van der Waals surface area contributed by atoms with E-state index in [9.17, 15) is 22.1 Å². The first-order valence-electron chi connectivity index (χ1n) is 16.2. The second kappa shape index (κ2) is 29.7. The molecule has 5 rings (SSSR count). The summed E-state index contributed by atoms with van der Waals surface area (Å²) < 4.78 is 52.2. The van der Waals surface area contributed by atoms with Crippen LogP contribution in [0.4, 0.5) is 23.0 Å². The van der Waals surface area contributed by atoms with Crippen LogP contribution in [0.25, 0.3) is 33.4 Å². The van der Waals surface area contributed by atoms with Gasteiger partial charge in [-0.15, -0.1) is 12.4 Å². The number of carbonyl (C=O) groups excluding carboxylic acids is 1. The van der Waals surface area contributed by atoms with Crippen LogP contribution in [-0.4, -0.2) is 95.4 Å². The van der Waals surface area contributed by atoms with E-state index >= 15 is 0 Å². The smallest absolute Gasteiger partial charge is 0.462 e. The lowest BCUT2D eigenvalue weighted by Gasteiger charge is -2.19. The quantitative estimate of drug-likeness (QED) is 0.0582. The van der Waals surface area contributed by atoms with Crippen LogP contribution in [0, 0.1) is 13.8 Å². The Morgan fingerprint density at radius 1 is 0.821 bits per heavy atom. The van der Waals surface area contributed by atoms with E-state index in [1.165, 1.54) is 0 Å². The van der Waals surface area contributed by atoms with Gasteiger partial charge < -0.3 is 59.5 Å². The number of halogens is 5. The molecule has 10 N–H and O–H groups in total. The van der Waals surface area contributed by atoms with Crippen molar-refractivity contribution >= 4 is 64.6 Å². The lowest BCUT2D eigenvalue weighted by Crippen LogP contribution is -2.10. The van der Waals surface area contributed by atoms with Gasteiger partial charge in [0.15, 0.2) is 0 Å². The van der Waals surface area contributed by atoms with E-state index in [-0.39, 0.29) is 18.4 Å². The van der Waals surface area contributed by atoms with Crippen LogP contribution >= 0.6 is 12.4 Å². The molecule has 306 valence electrons. The largest absolute Gasteiger partial charge is 0.674 e. The molecular weight excluding hydrogens is 773 g/mol. The Balaban J connectivity index is 0. The predicted octanol–water partition coefficient (Wildman–Crippen LogP) is 3.02. The summed E-state index contributed by atoms with van der Waals surface area (Å²) in [5.74, 6) is 0.408. The third kappa shape index (κ3) is 21.5. The van der Waals surface area contributed by atoms with E-state index < -0.39 is 29.6 Å². The van der Waals surface area contributed by atoms with Gasteiger partial charge in [-0.1, -0.05) is 18.2 Å². The van der Waals surface area contributed by atoms with Gasteiger partial charge in [-0.2, -0.15) is 0 Å². The molecule has 1 aliphatic carbocycles. The summed E-state index contributed by atoms with van der Waals surface area (Å²) >= 11 is 0. The molecule has 0 bridgehead atoms. The van der Waals surface area contributed by atoms with Crippen LogP contribution in [0.3, 0.4) is 0 Å². The third-order valence-corrected chi connectivity index (χ3v) is 6.26. The van der Waals surface area contributed by atoms with Crippen molar-refractivity contribution in [2.45, 2.75) is 34.6 Å². The average Bonchev–Trinajstić information content (AvgIpc) is 3.09. The van der Waals surface area contributed by atoms with Crippen molar-refractivity contribution in [3.05, 3.63) is 95.2 Å². The number of benzene rings is 3. The number of hydrogen-bond acceptors (Lipinski definition) is 15. The molecule has 24 heteroatoms. The average molecular weight is 817 g/mol. The van der Waals surface area contributed by atoms with Crippen LogP contribution in [0.5, 0.6) is 0 Å². The molecule has 15 nitrogen and oxygen atoms in total. The minimum Gasteiger partial charge on any atom is -0.462 e. The second-order valence-corrected chi connectivity index (χ2v) is 10.2. The van der Waals surface area contributed by atoms with E-state index in [1.54, 1.807) is 18.5 Å². The number of hydroxylamine groups is 1. The maximum Gasteiger partial charge on any atom is 0.674 e. The Morgan fingerprint density at radius 3 is 1.84 bits per heavy atom. The Hall–Kier alpha value is -4.57. The molecule has 3 aliphatic rings. The van der Waals surface area contributed by atoms with Crippen LogP contribution in [-0.2, 0) is 9.57 Å². The Morgan fingerprint density at radius 2 is 1.39 bits per heavy atom. The number of nitrogens with zero attached hydrogens (tertiary/aromatic N) is 1. The molecule has 0 saturated carbocycles. The van der Waals surface area contributed by atoms with Crippen LogP contribution in [0.1, 0.15) is 42.3 Å². The van der Waals surface area contributed by atoms with Gasteiger partial charge in [0.05, 0.1) is 17.5 Å². The van der Waals surface area contributed by atoms with Crippen molar-refractivity contribution in [1.82, 2.24) is 5.48 Å². The molecule has 0 radical (unpaired) electrons. The lowest BCUT2D eigenvalue weighted by atomic mass is 9.89. The number of aryl methyl sites for hydroxylation is 2. The van der Waals surface area contributed by atoms with E-state index in [4.69, 9.17) is 49.3 Å². The summed E-state index contributed by atoms with van der Waals surface area (Å²) in [6.45, 7) is 11.9. The highest BCUT2D eigenvalue weighted by Gasteiger charge is 2.23. The van der Waals surface area contributed by atoms with Gasteiger partial charge in [0.1, 0.15) is 17.6 Å². The maximum atomic E-state index is 12.9. The molecular formula is C32H44B4ClF4N3O12. The summed E-state index contributed by atoms with van der Waals surface area (Å²) in [7, 11) is -10.7. The zero-order valence-electron chi connectivity index (χ0n) is 30.9. The normalized spacial score (nSPS) is 10.6. The molecule has 2 aromatic carbocycles. The van der Waals surface area contributed by atoms with Crippen molar-refractivity contribution in [2.24, 2.45) is 4.99 Å². The molecule has 0 unspecified atom stereocenters. The van der Waals surface area contributed by atoms with E-state index in [2.05, 4.69) is 53.5 Å². The van der Waals surface area contributed by atoms with Crippen molar-refractivity contribution in [2.75, 3.05) is 25.0 Å². The first-order valence-corrected chi connectivity index (χ1v) is 16.2. The number of allylic oxidation sites excluding steroid dienone is 2. The number of ether oxygens (including phenoxy) is 1. The van der Waals surface area contributed by atoms with Crippen molar-refractivity contribution in [3.8, 4) is 22.5 Å². The summed E-state index contributed by atoms with van der Waals surface area (Å²) in [4.78, 5) is 22.0. The number of nitrogens with one attached hydrogen (secondary N) is 2. The fourth-order valence-corrected chi connectivity index (χ4v) is 4.55. The van der Waals surface area contributed by atoms with Gasteiger partial charge in [-0.05, 0) is 81.7 Å². The van der Waals surface area contributed by atoms with Gasteiger partial charge in [0.2, 0.25) is 0 Å². The van der Waals surface area contributed by atoms with Gasteiger partial charge in [0, 0.05) is 53.6 Å². The topological polar surface area (TPSA) is 247 Å². The number of hydrogen-bond donors (Lipinski definition) is 10. The van der Waals surface area contributed by atoms with Crippen molar-refractivity contribution < 1.29 is 76.2 Å². The first kappa shape index (κ1) is 53.5. The molecule has 0 saturated heterocycles. The van der Waals surface area contributed by atoms with E-state index in [0.29, 0.717) is 18.7 Å². The zero-order valence-corrected chi connectivity index (χ0v) is 31.8. The van der Waals surface area contributed by atoms with Crippen LogP contribution in [0.2, 0.25) is 0 Å². The summed E-state index contributed by atoms with van der Waals surface area (Å²) in [6.07, 6.45) is 6.93. The Bertz CT molecular complexity index is 1780. The molecule has 0 fully saturated rings. The molecule has 0 aromatic heterocycles. The predicted molar refractivity (Wildman–Crippen MR) is 209 cm³/mol. The molecule has 56 heavy (non-hydrogen) atoms. The maximum absolute atomic E-state index is 12.9. The van der Waals surface area contributed by atoms with Gasteiger partial charge in [0.25, 0.3) is 0 Å². The van der Waals surface area contributed by atoms with Gasteiger partial charge in [-0.25, -0.2) is 10.3 Å². The molecule has 0 spiro atoms. The number of esters is 1. The van der Waals surface area contributed by atoms with E-state index in [0.717, 1.165) is 62.1 Å². The van der Waals surface area contributed by atoms with E-state index in [1.807, 2.05) is 56.3 Å². The second-order valence-electron chi connectivity index (χ2n) is 10.2. The van der Waals surface area contributed by atoms with Crippen LogP contribution in [0.15, 0.2) is 82.6 Å². The summed E-state index contributed by atoms with van der Waals surface area (Å²) in [5.41, 5.74) is 9.77. The minimum atomic E-state index is -2.67. The number of carbonyl (C=O) groups is 1. The van der Waals surface area contributed by atoms with Crippen molar-refractivity contribution in [1.29, 1.82) is 0 Å². The monoisotopic (exact) mass is 817 g/mol. The highest BCUT2D eigenvalue weighted by atomic mass is 35.5. The zero-order chi connectivity index (χ0) is 42.1. The molecule has 2 aromatic rings. The molecule has 0 amide bonds. The Kier molecular flexibility index (Phi) is 28.4. The minimum absolute atomic E-state index is 0. The highest BCUT2D eigenvalue weighted by molar-refractivity contribution is 6.32. The molecule has 2 heterocycles. The van der Waals surface area contributed by atoms with Gasteiger partial charge in [-0.3, -0.25) is 22.3 Å². The SMILES string of the molecule is C1=CNOC=C1.CC/N=c1/cc2oc3cc(NCC)c(C)cc3c(-c3ccccc3C(=O)OCC)c-2cc1C.Cl.OB(O)F.OB(O)F.OB(O)F.OB(O)F. The molecule has 0 atom stereocenters. The number of rotatable bonds is 6. The number of fused-ring (bicyclic) bond motifs is 2. The van der Waals surface area contributed by atoms with Crippen LogP contribution < -0.4 is 16.2 Å².